The fourth-order valence-corrected chi connectivity index (χ4v) is 2.23. The van der Waals surface area contributed by atoms with Gasteiger partial charge in [-0.1, -0.05) is 18.2 Å². The summed E-state index contributed by atoms with van der Waals surface area (Å²) in [5.41, 5.74) is 1.49. The van der Waals surface area contributed by atoms with Gasteiger partial charge in [-0.15, -0.1) is 0 Å². The van der Waals surface area contributed by atoms with Gasteiger partial charge in [0.15, 0.2) is 0 Å². The lowest BCUT2D eigenvalue weighted by atomic mass is 10.1. The number of aromatic nitrogens is 1. The molecule has 2 rings (SSSR count). The third-order valence-corrected chi connectivity index (χ3v) is 3.39. The summed E-state index contributed by atoms with van der Waals surface area (Å²) in [6.07, 6.45) is 0.820. The lowest BCUT2D eigenvalue weighted by molar-refractivity contribution is 0.0781. The molecule has 1 aromatic heterocycles. The first-order valence-corrected chi connectivity index (χ1v) is 6.99. The first kappa shape index (κ1) is 15.3. The molecule has 112 valence electrons. The summed E-state index contributed by atoms with van der Waals surface area (Å²) in [6.45, 7) is 1.31. The monoisotopic (exact) mass is 287 g/mol. The molecule has 0 spiro atoms. The number of methoxy groups -OCH3 is 1. The zero-order chi connectivity index (χ0) is 15.2. The largest absolute Gasteiger partial charge is 0.385 e. The third-order valence-electron chi connectivity index (χ3n) is 3.39. The molecule has 0 fully saturated rings. The van der Waals surface area contributed by atoms with E-state index >= 15 is 0 Å². The van der Waals surface area contributed by atoms with Gasteiger partial charge in [0.25, 0.3) is 5.91 Å². The smallest absolute Gasteiger partial charge is 0.254 e. The number of nitrogens with one attached hydrogen (secondary N) is 1. The van der Waals surface area contributed by atoms with Crippen LogP contribution in [-0.2, 0) is 4.74 Å². The maximum absolute atomic E-state index is 12.7. The summed E-state index contributed by atoms with van der Waals surface area (Å²) in [5, 5.41) is 3.88. The van der Waals surface area contributed by atoms with E-state index in [1.807, 2.05) is 31.3 Å². The standard InChI is InChI=1S/C16H21N3O2/c1-17-15-11-13(12-7-4-5-8-14(12)18-15)16(20)19(2)9-6-10-21-3/h4-5,7-8,11H,6,9-10H2,1-3H3,(H,17,18). The number of carbonyl (C=O) groups is 1. The van der Waals surface area contributed by atoms with Crippen molar-refractivity contribution in [1.82, 2.24) is 9.88 Å². The molecule has 21 heavy (non-hydrogen) atoms. The third kappa shape index (κ3) is 3.49. The molecule has 0 aliphatic rings. The van der Waals surface area contributed by atoms with Gasteiger partial charge >= 0.3 is 0 Å². The maximum Gasteiger partial charge on any atom is 0.254 e. The Balaban J connectivity index is 2.33. The Morgan fingerprint density at radius 3 is 2.86 bits per heavy atom. The van der Waals surface area contributed by atoms with E-state index in [4.69, 9.17) is 4.74 Å². The average molecular weight is 287 g/mol. The number of hydrogen-bond acceptors (Lipinski definition) is 4. The topological polar surface area (TPSA) is 54.5 Å². The Morgan fingerprint density at radius 1 is 1.38 bits per heavy atom. The zero-order valence-corrected chi connectivity index (χ0v) is 12.7. The number of pyridine rings is 1. The number of hydrogen-bond donors (Lipinski definition) is 1. The van der Waals surface area contributed by atoms with Gasteiger partial charge in [0, 0.05) is 39.7 Å². The summed E-state index contributed by atoms with van der Waals surface area (Å²) in [5.74, 6) is 0.698. The molecule has 0 aliphatic heterocycles. The average Bonchev–Trinajstić information content (AvgIpc) is 2.53. The van der Waals surface area contributed by atoms with Crippen LogP contribution in [0.1, 0.15) is 16.8 Å². The van der Waals surface area contributed by atoms with E-state index in [1.165, 1.54) is 0 Å². The van der Waals surface area contributed by atoms with E-state index in [2.05, 4.69) is 10.3 Å². The molecule has 5 nitrogen and oxygen atoms in total. The quantitative estimate of drug-likeness (QED) is 0.829. The van der Waals surface area contributed by atoms with Crippen molar-refractivity contribution < 1.29 is 9.53 Å². The zero-order valence-electron chi connectivity index (χ0n) is 12.7. The molecule has 0 saturated carbocycles. The van der Waals surface area contributed by atoms with Gasteiger partial charge in [-0.3, -0.25) is 4.79 Å². The number of benzene rings is 1. The number of para-hydroxylation sites is 1. The molecular formula is C16H21N3O2. The second kappa shape index (κ2) is 7.04. The van der Waals surface area contributed by atoms with Crippen LogP contribution < -0.4 is 5.32 Å². The summed E-state index contributed by atoms with van der Waals surface area (Å²) < 4.78 is 5.03. The fourth-order valence-electron chi connectivity index (χ4n) is 2.23. The van der Waals surface area contributed by atoms with E-state index in [-0.39, 0.29) is 5.91 Å². The SMILES string of the molecule is CNc1cc(C(=O)N(C)CCCOC)c2ccccc2n1. The lowest BCUT2D eigenvalue weighted by Gasteiger charge is -2.18. The summed E-state index contributed by atoms with van der Waals surface area (Å²) >= 11 is 0. The number of fused-ring (bicyclic) bond motifs is 1. The molecule has 1 heterocycles. The van der Waals surface area contributed by atoms with Crippen molar-refractivity contribution in [3.8, 4) is 0 Å². The van der Waals surface area contributed by atoms with Gasteiger partial charge in [0.2, 0.25) is 0 Å². The fraction of sp³-hybridized carbons (Fsp3) is 0.375. The number of amides is 1. The van der Waals surface area contributed by atoms with Crippen LogP contribution in [0.15, 0.2) is 30.3 Å². The molecule has 0 radical (unpaired) electrons. The van der Waals surface area contributed by atoms with Crippen LogP contribution in [-0.4, -0.2) is 50.1 Å². The van der Waals surface area contributed by atoms with E-state index in [9.17, 15) is 4.79 Å². The Kier molecular flexibility index (Phi) is 5.11. The Labute approximate surface area is 124 Å². The van der Waals surface area contributed by atoms with Crippen molar-refractivity contribution in [2.45, 2.75) is 6.42 Å². The molecular weight excluding hydrogens is 266 g/mol. The number of anilines is 1. The molecule has 0 unspecified atom stereocenters. The van der Waals surface area contributed by atoms with Crippen molar-refractivity contribution in [2.24, 2.45) is 0 Å². The van der Waals surface area contributed by atoms with Gasteiger partial charge < -0.3 is 15.0 Å². The molecule has 1 N–H and O–H groups in total. The summed E-state index contributed by atoms with van der Waals surface area (Å²) in [6, 6.07) is 9.49. The van der Waals surface area contributed by atoms with Crippen LogP contribution in [0, 0.1) is 0 Å². The van der Waals surface area contributed by atoms with Gasteiger partial charge in [-0.25, -0.2) is 4.98 Å². The van der Waals surface area contributed by atoms with Crippen molar-refractivity contribution in [1.29, 1.82) is 0 Å². The molecule has 0 bridgehead atoms. The maximum atomic E-state index is 12.7. The summed E-state index contributed by atoms with van der Waals surface area (Å²) in [7, 11) is 5.28. The highest BCUT2D eigenvalue weighted by molar-refractivity contribution is 6.06. The van der Waals surface area contributed by atoms with Crippen molar-refractivity contribution >= 4 is 22.6 Å². The van der Waals surface area contributed by atoms with Crippen molar-refractivity contribution in [3.63, 3.8) is 0 Å². The molecule has 0 aliphatic carbocycles. The molecule has 0 atom stereocenters. The van der Waals surface area contributed by atoms with Crippen LogP contribution in [0.5, 0.6) is 0 Å². The second-order valence-electron chi connectivity index (χ2n) is 4.90. The highest BCUT2D eigenvalue weighted by atomic mass is 16.5. The Morgan fingerprint density at radius 2 is 2.14 bits per heavy atom. The normalized spacial score (nSPS) is 10.6. The van der Waals surface area contributed by atoms with Crippen LogP contribution in [0.25, 0.3) is 10.9 Å². The minimum atomic E-state index is 0.00111. The van der Waals surface area contributed by atoms with Crippen molar-refractivity contribution in [3.05, 3.63) is 35.9 Å². The van der Waals surface area contributed by atoms with Gasteiger partial charge in [0.05, 0.1) is 11.1 Å². The minimum absolute atomic E-state index is 0.00111. The first-order chi connectivity index (χ1) is 10.2. The van der Waals surface area contributed by atoms with Crippen LogP contribution in [0.4, 0.5) is 5.82 Å². The molecule has 1 aromatic carbocycles. The second-order valence-corrected chi connectivity index (χ2v) is 4.90. The number of rotatable bonds is 6. The molecule has 0 saturated heterocycles. The molecule has 1 amide bonds. The van der Waals surface area contributed by atoms with Crippen LogP contribution >= 0.6 is 0 Å². The number of ether oxygens (including phenoxy) is 1. The van der Waals surface area contributed by atoms with Gasteiger partial charge in [0.1, 0.15) is 5.82 Å². The predicted octanol–water partition coefficient (Wildman–Crippen LogP) is 2.39. The molecule has 5 heteroatoms. The van der Waals surface area contributed by atoms with E-state index < -0.39 is 0 Å². The Hall–Kier alpha value is -2.14. The highest BCUT2D eigenvalue weighted by Crippen LogP contribution is 2.21. The van der Waals surface area contributed by atoms with E-state index in [0.717, 1.165) is 17.3 Å². The number of nitrogens with zero attached hydrogens (tertiary/aromatic N) is 2. The highest BCUT2D eigenvalue weighted by Gasteiger charge is 2.16. The minimum Gasteiger partial charge on any atom is -0.385 e. The van der Waals surface area contributed by atoms with E-state index in [1.54, 1.807) is 25.1 Å². The molecule has 2 aromatic rings. The lowest BCUT2D eigenvalue weighted by Crippen LogP contribution is -2.28. The van der Waals surface area contributed by atoms with Gasteiger partial charge in [-0.2, -0.15) is 0 Å². The Bertz CT molecular complexity index is 628. The van der Waals surface area contributed by atoms with Crippen LogP contribution in [0.2, 0.25) is 0 Å². The van der Waals surface area contributed by atoms with Gasteiger partial charge in [-0.05, 0) is 18.6 Å². The van der Waals surface area contributed by atoms with Crippen LogP contribution in [0.3, 0.4) is 0 Å². The summed E-state index contributed by atoms with van der Waals surface area (Å²) in [4.78, 5) is 18.8. The predicted molar refractivity (Wildman–Crippen MR) is 84.7 cm³/mol. The first-order valence-electron chi connectivity index (χ1n) is 6.99. The number of carbonyl (C=O) groups excluding carboxylic acids is 1. The van der Waals surface area contributed by atoms with E-state index in [0.29, 0.717) is 24.5 Å². The van der Waals surface area contributed by atoms with Crippen molar-refractivity contribution in [2.75, 3.05) is 39.7 Å².